The number of halogens is 2. The van der Waals surface area contributed by atoms with Crippen LogP contribution in [0.15, 0.2) is 81.7 Å². The third-order valence-electron chi connectivity index (χ3n) is 6.21. The van der Waals surface area contributed by atoms with Crippen molar-refractivity contribution in [2.24, 2.45) is 0 Å². The van der Waals surface area contributed by atoms with Crippen LogP contribution in [-0.4, -0.2) is 35.9 Å². The van der Waals surface area contributed by atoms with Crippen molar-refractivity contribution < 1.29 is 14.3 Å². The van der Waals surface area contributed by atoms with E-state index < -0.39 is 6.04 Å². The maximum atomic E-state index is 13.7. The van der Waals surface area contributed by atoms with Gasteiger partial charge in [0.25, 0.3) is 5.91 Å². The largest absolute Gasteiger partial charge is 0.483 e. The van der Waals surface area contributed by atoms with E-state index in [0.29, 0.717) is 18.7 Å². The van der Waals surface area contributed by atoms with Crippen LogP contribution in [0.1, 0.15) is 50.8 Å². The maximum absolute atomic E-state index is 13.7. The van der Waals surface area contributed by atoms with Crippen LogP contribution in [0, 0.1) is 0 Å². The Bertz CT molecular complexity index is 1230. The number of amides is 2. The van der Waals surface area contributed by atoms with Crippen molar-refractivity contribution in [3.8, 4) is 5.75 Å². The van der Waals surface area contributed by atoms with Gasteiger partial charge in [0.1, 0.15) is 11.8 Å². The highest BCUT2D eigenvalue weighted by Gasteiger charge is 2.30. The Morgan fingerprint density at radius 1 is 0.947 bits per heavy atom. The topological polar surface area (TPSA) is 58.6 Å². The molecule has 0 spiro atoms. The molecule has 202 valence electrons. The summed E-state index contributed by atoms with van der Waals surface area (Å²) in [6.07, 6.45) is 1.21. The van der Waals surface area contributed by atoms with E-state index in [4.69, 9.17) is 4.74 Å². The molecule has 0 aliphatic rings. The maximum Gasteiger partial charge on any atom is 0.261 e. The molecule has 7 heteroatoms. The molecule has 0 radical (unpaired) electrons. The van der Waals surface area contributed by atoms with Gasteiger partial charge in [-0.1, -0.05) is 92.2 Å². The summed E-state index contributed by atoms with van der Waals surface area (Å²) in [6.45, 7) is 9.09. The molecule has 0 aliphatic carbocycles. The molecule has 0 heterocycles. The second-order valence-electron chi connectivity index (χ2n) is 10.3. The lowest BCUT2D eigenvalue weighted by atomic mass is 9.87. The van der Waals surface area contributed by atoms with Gasteiger partial charge in [-0.3, -0.25) is 9.59 Å². The molecule has 0 saturated heterocycles. The predicted molar refractivity (Wildman–Crippen MR) is 160 cm³/mol. The normalized spacial score (nSPS) is 12.1. The molecule has 1 atom stereocenters. The van der Waals surface area contributed by atoms with E-state index in [0.717, 1.165) is 32.1 Å². The number of carbonyl (C=O) groups excluding carboxylic acids is 2. The molecule has 3 rings (SSSR count). The van der Waals surface area contributed by atoms with Gasteiger partial charge in [-0.2, -0.15) is 0 Å². The number of ether oxygens (including phenoxy) is 1. The Balaban J connectivity index is 1.89. The van der Waals surface area contributed by atoms with Gasteiger partial charge >= 0.3 is 0 Å². The third-order valence-corrected chi connectivity index (χ3v) is 7.32. The van der Waals surface area contributed by atoms with Gasteiger partial charge in [-0.05, 0) is 68.7 Å². The molecule has 38 heavy (non-hydrogen) atoms. The SMILES string of the molecule is CCCNC(=O)[C@@H](Cc1ccccc1)N(Cc1cccc(Br)c1)C(=O)COc1ccc(C(C)(C)C)cc1Br. The second-order valence-corrected chi connectivity index (χ2v) is 12.1. The van der Waals surface area contributed by atoms with Gasteiger partial charge in [-0.15, -0.1) is 0 Å². The molecule has 0 fully saturated rings. The minimum absolute atomic E-state index is 0.00582. The molecule has 3 aromatic carbocycles. The quantitative estimate of drug-likeness (QED) is 0.244. The number of hydrogen-bond donors (Lipinski definition) is 1. The van der Waals surface area contributed by atoms with Crippen molar-refractivity contribution in [1.82, 2.24) is 10.2 Å². The van der Waals surface area contributed by atoms with Gasteiger partial charge < -0.3 is 15.0 Å². The summed E-state index contributed by atoms with van der Waals surface area (Å²) >= 11 is 7.11. The van der Waals surface area contributed by atoms with Crippen molar-refractivity contribution >= 4 is 43.7 Å². The number of nitrogens with one attached hydrogen (secondary N) is 1. The van der Waals surface area contributed by atoms with Gasteiger partial charge in [0.2, 0.25) is 5.91 Å². The van der Waals surface area contributed by atoms with Crippen molar-refractivity contribution in [2.45, 2.75) is 58.5 Å². The fourth-order valence-electron chi connectivity index (χ4n) is 4.06. The molecule has 3 aromatic rings. The highest BCUT2D eigenvalue weighted by molar-refractivity contribution is 9.10. The van der Waals surface area contributed by atoms with Gasteiger partial charge in [-0.25, -0.2) is 0 Å². The molecule has 0 saturated carbocycles. The van der Waals surface area contributed by atoms with Crippen LogP contribution in [0.25, 0.3) is 0 Å². The summed E-state index contributed by atoms with van der Waals surface area (Å²) in [5, 5.41) is 3.00. The Kier molecular flexibility index (Phi) is 11.0. The lowest BCUT2D eigenvalue weighted by molar-refractivity contribution is -0.142. The number of nitrogens with zero attached hydrogens (tertiary/aromatic N) is 1. The summed E-state index contributed by atoms with van der Waals surface area (Å²) < 4.78 is 7.69. The second kappa shape index (κ2) is 13.9. The minimum Gasteiger partial charge on any atom is -0.483 e. The average molecular weight is 644 g/mol. The van der Waals surface area contributed by atoms with Crippen molar-refractivity contribution in [2.75, 3.05) is 13.2 Å². The molecule has 0 aliphatic heterocycles. The van der Waals surface area contributed by atoms with Crippen LogP contribution in [0.4, 0.5) is 0 Å². The molecule has 2 amide bonds. The zero-order valence-corrected chi connectivity index (χ0v) is 25.6. The third kappa shape index (κ3) is 8.70. The van der Waals surface area contributed by atoms with Crippen LogP contribution in [0.5, 0.6) is 5.75 Å². The molecule has 1 N–H and O–H groups in total. The number of carbonyl (C=O) groups is 2. The molecule has 0 bridgehead atoms. The Morgan fingerprint density at radius 2 is 1.66 bits per heavy atom. The van der Waals surface area contributed by atoms with Crippen LogP contribution in [0.2, 0.25) is 0 Å². The van der Waals surface area contributed by atoms with E-state index in [2.05, 4.69) is 57.9 Å². The van der Waals surface area contributed by atoms with Crippen LogP contribution in [-0.2, 0) is 28.0 Å². The van der Waals surface area contributed by atoms with Gasteiger partial charge in [0, 0.05) is 24.0 Å². The summed E-state index contributed by atoms with van der Waals surface area (Å²) in [4.78, 5) is 28.8. The minimum atomic E-state index is -0.689. The van der Waals surface area contributed by atoms with Crippen molar-refractivity contribution in [3.63, 3.8) is 0 Å². The molecule has 5 nitrogen and oxygen atoms in total. The van der Waals surface area contributed by atoms with E-state index in [1.54, 1.807) is 4.90 Å². The summed E-state index contributed by atoms with van der Waals surface area (Å²) in [5.41, 5.74) is 3.06. The van der Waals surface area contributed by atoms with Crippen molar-refractivity contribution in [1.29, 1.82) is 0 Å². The Hall–Kier alpha value is -2.64. The predicted octanol–water partition coefficient (Wildman–Crippen LogP) is 7.05. The van der Waals surface area contributed by atoms with E-state index >= 15 is 0 Å². The fourth-order valence-corrected chi connectivity index (χ4v) is 5.00. The Morgan fingerprint density at radius 3 is 2.29 bits per heavy atom. The zero-order valence-electron chi connectivity index (χ0n) is 22.5. The number of rotatable bonds is 11. The van der Waals surface area contributed by atoms with Crippen LogP contribution < -0.4 is 10.1 Å². The monoisotopic (exact) mass is 642 g/mol. The average Bonchev–Trinajstić information content (AvgIpc) is 2.88. The standard InChI is InChI=1S/C31H36Br2N2O3/c1-5-16-34-30(37)27(18-22-10-7-6-8-11-22)35(20-23-12-9-13-25(32)17-23)29(36)21-38-28-15-14-24(19-26(28)33)31(2,3)4/h6-15,17,19,27H,5,16,18,20-21H2,1-4H3,(H,34,37)/t27-/m1/s1. The van der Waals surface area contributed by atoms with E-state index in [-0.39, 0.29) is 30.4 Å². The van der Waals surface area contributed by atoms with E-state index in [1.807, 2.05) is 79.7 Å². The first kappa shape index (κ1) is 29.9. The first-order valence-electron chi connectivity index (χ1n) is 12.9. The molecular formula is C31H36Br2N2O3. The van der Waals surface area contributed by atoms with Crippen LogP contribution in [0.3, 0.4) is 0 Å². The van der Waals surface area contributed by atoms with Crippen LogP contribution >= 0.6 is 31.9 Å². The zero-order chi connectivity index (χ0) is 27.7. The highest BCUT2D eigenvalue weighted by atomic mass is 79.9. The smallest absolute Gasteiger partial charge is 0.261 e. The van der Waals surface area contributed by atoms with E-state index in [9.17, 15) is 9.59 Å². The summed E-state index contributed by atoms with van der Waals surface area (Å²) in [6, 6.07) is 22.8. The summed E-state index contributed by atoms with van der Waals surface area (Å²) in [5.74, 6) is 0.155. The highest BCUT2D eigenvalue weighted by Crippen LogP contribution is 2.31. The van der Waals surface area contributed by atoms with Crippen molar-refractivity contribution in [3.05, 3.63) is 98.4 Å². The number of benzene rings is 3. The Labute approximate surface area is 243 Å². The fraction of sp³-hybridized carbons (Fsp3) is 0.355. The molecule has 0 aromatic heterocycles. The lowest BCUT2D eigenvalue weighted by Gasteiger charge is -2.31. The van der Waals surface area contributed by atoms with Gasteiger partial charge in [0.15, 0.2) is 6.61 Å². The van der Waals surface area contributed by atoms with E-state index in [1.165, 1.54) is 0 Å². The summed E-state index contributed by atoms with van der Waals surface area (Å²) in [7, 11) is 0. The van der Waals surface area contributed by atoms with Gasteiger partial charge in [0.05, 0.1) is 4.47 Å². The number of hydrogen-bond acceptors (Lipinski definition) is 3. The molecule has 0 unspecified atom stereocenters. The lowest BCUT2D eigenvalue weighted by Crippen LogP contribution is -2.51. The first-order valence-corrected chi connectivity index (χ1v) is 14.5. The molecular weight excluding hydrogens is 608 g/mol. The first-order chi connectivity index (χ1) is 18.1.